The maximum atomic E-state index is 13.1. The van der Waals surface area contributed by atoms with Gasteiger partial charge in [-0.3, -0.25) is 4.79 Å². The second kappa shape index (κ2) is 9.34. The van der Waals surface area contributed by atoms with Crippen molar-refractivity contribution in [2.45, 2.75) is 6.42 Å². The number of carbonyl (C=O) groups excluding carboxylic acids is 1. The number of nitrogens with one attached hydrogen (secondary N) is 1. The fourth-order valence-corrected chi connectivity index (χ4v) is 3.67. The molecular weight excluding hydrogens is 406 g/mol. The van der Waals surface area contributed by atoms with E-state index in [9.17, 15) is 14.7 Å². The average molecular weight is 429 g/mol. The first kappa shape index (κ1) is 21.1. The summed E-state index contributed by atoms with van der Waals surface area (Å²) >= 11 is 0. The number of rotatable bonds is 7. The molecule has 0 atom stereocenters. The van der Waals surface area contributed by atoms with E-state index < -0.39 is 5.97 Å². The number of carboxylic acid groups (broad SMARTS) is 1. The van der Waals surface area contributed by atoms with E-state index in [1.165, 1.54) is 4.90 Å². The molecule has 7 nitrogen and oxygen atoms in total. The number of nitrogens with zero attached hydrogens (tertiary/aromatic N) is 2. The molecule has 0 aliphatic carbocycles. The van der Waals surface area contributed by atoms with Crippen molar-refractivity contribution >= 4 is 29.0 Å². The van der Waals surface area contributed by atoms with Gasteiger partial charge in [-0.25, -0.2) is 9.78 Å². The summed E-state index contributed by atoms with van der Waals surface area (Å²) in [5, 5.41) is 12.7. The van der Waals surface area contributed by atoms with Gasteiger partial charge in [-0.15, -0.1) is 0 Å². The number of amides is 1. The maximum Gasteiger partial charge on any atom is 0.328 e. The Bertz CT molecular complexity index is 1170. The van der Waals surface area contributed by atoms with Gasteiger partial charge in [0.2, 0.25) is 0 Å². The molecule has 3 aromatic rings. The number of pyridine rings is 1. The van der Waals surface area contributed by atoms with Crippen molar-refractivity contribution in [3.8, 4) is 5.75 Å². The zero-order valence-corrected chi connectivity index (χ0v) is 17.6. The maximum absolute atomic E-state index is 13.1. The van der Waals surface area contributed by atoms with Crippen molar-refractivity contribution in [2.24, 2.45) is 0 Å². The molecule has 4 rings (SSSR count). The summed E-state index contributed by atoms with van der Waals surface area (Å²) in [4.78, 5) is 30.3. The Morgan fingerprint density at radius 2 is 1.88 bits per heavy atom. The molecule has 2 heterocycles. The Hall–Kier alpha value is -4.13. The molecule has 162 valence electrons. The molecule has 1 aliphatic rings. The molecule has 7 heteroatoms. The highest BCUT2D eigenvalue weighted by Crippen LogP contribution is 2.39. The Balaban J connectivity index is 1.54. The van der Waals surface area contributed by atoms with Crippen molar-refractivity contribution in [2.75, 3.05) is 30.4 Å². The van der Waals surface area contributed by atoms with Crippen LogP contribution in [0, 0.1) is 0 Å². The number of anilines is 2. The highest BCUT2D eigenvalue weighted by Gasteiger charge is 2.27. The Labute approximate surface area is 186 Å². The summed E-state index contributed by atoms with van der Waals surface area (Å²) in [6.07, 6.45) is 3.64. The van der Waals surface area contributed by atoms with Crippen LogP contribution in [-0.4, -0.2) is 42.2 Å². The van der Waals surface area contributed by atoms with E-state index in [0.29, 0.717) is 46.9 Å². The lowest BCUT2D eigenvalue weighted by atomic mass is 9.94. The molecule has 1 amide bonds. The lowest BCUT2D eigenvalue weighted by Gasteiger charge is -2.19. The Morgan fingerprint density at radius 1 is 1.09 bits per heavy atom. The Morgan fingerprint density at radius 3 is 2.62 bits per heavy atom. The summed E-state index contributed by atoms with van der Waals surface area (Å²) in [6.45, 7) is 1.19. The van der Waals surface area contributed by atoms with E-state index in [0.717, 1.165) is 18.3 Å². The van der Waals surface area contributed by atoms with Crippen LogP contribution in [0.1, 0.15) is 27.9 Å². The van der Waals surface area contributed by atoms with Gasteiger partial charge in [0, 0.05) is 43.1 Å². The monoisotopic (exact) mass is 429 g/mol. The number of aromatic nitrogens is 1. The van der Waals surface area contributed by atoms with E-state index >= 15 is 0 Å². The highest BCUT2D eigenvalue weighted by molar-refractivity contribution is 6.15. The summed E-state index contributed by atoms with van der Waals surface area (Å²) < 4.78 is 5.89. The molecule has 2 aromatic carbocycles. The minimum atomic E-state index is -1.07. The van der Waals surface area contributed by atoms with Gasteiger partial charge in [0.25, 0.3) is 5.91 Å². The lowest BCUT2D eigenvalue weighted by Crippen LogP contribution is -2.26. The standard InChI is InChI=1S/C25H23N3O4/c1-28-22-15-17(32-14-6-13-27-23-9-4-5-12-26-23)10-11-19(22)21(16-24(29)30)18-7-2-3-8-20(18)25(28)31/h2-5,7-12,15-16H,6,13-14H2,1H3,(H,26,27)(H,29,30)/b21-16-. The molecule has 1 aromatic heterocycles. The van der Waals surface area contributed by atoms with Crippen LogP contribution < -0.4 is 15.0 Å². The number of ether oxygens (including phenoxy) is 1. The van der Waals surface area contributed by atoms with Gasteiger partial charge in [0.05, 0.1) is 12.3 Å². The van der Waals surface area contributed by atoms with E-state index in [-0.39, 0.29) is 5.91 Å². The van der Waals surface area contributed by atoms with Gasteiger partial charge in [-0.1, -0.05) is 24.3 Å². The summed E-state index contributed by atoms with van der Waals surface area (Å²) in [7, 11) is 1.68. The molecule has 0 saturated heterocycles. The van der Waals surface area contributed by atoms with E-state index in [2.05, 4.69) is 10.3 Å². The minimum absolute atomic E-state index is 0.202. The predicted octanol–water partition coefficient (Wildman–Crippen LogP) is 4.07. The average Bonchev–Trinajstić information content (AvgIpc) is 2.89. The van der Waals surface area contributed by atoms with Gasteiger partial charge in [-0.2, -0.15) is 0 Å². The topological polar surface area (TPSA) is 91.8 Å². The van der Waals surface area contributed by atoms with Gasteiger partial charge in [0.15, 0.2) is 0 Å². The van der Waals surface area contributed by atoms with E-state index in [4.69, 9.17) is 4.74 Å². The van der Waals surface area contributed by atoms with Crippen LogP contribution in [-0.2, 0) is 4.79 Å². The summed E-state index contributed by atoms with van der Waals surface area (Å²) in [6, 6.07) is 18.1. The van der Waals surface area contributed by atoms with Gasteiger partial charge in [-0.05, 0) is 47.9 Å². The highest BCUT2D eigenvalue weighted by atomic mass is 16.5. The number of hydrogen-bond acceptors (Lipinski definition) is 5. The molecule has 0 fully saturated rings. The number of fused-ring (bicyclic) bond motifs is 2. The molecule has 2 N–H and O–H groups in total. The van der Waals surface area contributed by atoms with Crippen molar-refractivity contribution in [3.05, 3.63) is 89.6 Å². The third kappa shape index (κ3) is 4.46. The molecule has 0 saturated carbocycles. The Kier molecular flexibility index (Phi) is 6.17. The quantitative estimate of drug-likeness (QED) is 0.435. The number of hydrogen-bond donors (Lipinski definition) is 2. The van der Waals surface area contributed by atoms with Crippen LogP contribution in [0.2, 0.25) is 0 Å². The van der Waals surface area contributed by atoms with Crippen LogP contribution >= 0.6 is 0 Å². The van der Waals surface area contributed by atoms with Crippen molar-refractivity contribution in [1.29, 1.82) is 0 Å². The van der Waals surface area contributed by atoms with Crippen molar-refractivity contribution in [3.63, 3.8) is 0 Å². The van der Waals surface area contributed by atoms with Gasteiger partial charge < -0.3 is 20.1 Å². The van der Waals surface area contributed by atoms with E-state index in [1.807, 2.05) is 18.2 Å². The second-order valence-electron chi connectivity index (χ2n) is 7.33. The fraction of sp³-hybridized carbons (Fsp3) is 0.160. The van der Waals surface area contributed by atoms with Crippen LogP contribution in [0.5, 0.6) is 5.75 Å². The van der Waals surface area contributed by atoms with Crippen molar-refractivity contribution in [1.82, 2.24) is 4.98 Å². The van der Waals surface area contributed by atoms with Crippen LogP contribution in [0.4, 0.5) is 11.5 Å². The second-order valence-corrected chi connectivity index (χ2v) is 7.33. The van der Waals surface area contributed by atoms with E-state index in [1.54, 1.807) is 55.7 Å². The largest absolute Gasteiger partial charge is 0.493 e. The summed E-state index contributed by atoms with van der Waals surface area (Å²) in [5.74, 6) is 0.155. The van der Waals surface area contributed by atoms with Crippen LogP contribution in [0.3, 0.4) is 0 Å². The van der Waals surface area contributed by atoms with Gasteiger partial charge in [0.1, 0.15) is 11.6 Å². The smallest absolute Gasteiger partial charge is 0.328 e. The lowest BCUT2D eigenvalue weighted by molar-refractivity contribution is -0.131. The molecule has 0 radical (unpaired) electrons. The molecule has 32 heavy (non-hydrogen) atoms. The first-order chi connectivity index (χ1) is 15.5. The first-order valence-corrected chi connectivity index (χ1v) is 10.3. The number of carboxylic acids is 1. The van der Waals surface area contributed by atoms with Crippen LogP contribution in [0.25, 0.3) is 5.57 Å². The molecule has 1 aliphatic heterocycles. The number of carbonyl (C=O) groups is 2. The molecule has 0 spiro atoms. The number of aliphatic carboxylic acids is 1. The minimum Gasteiger partial charge on any atom is -0.493 e. The predicted molar refractivity (Wildman–Crippen MR) is 123 cm³/mol. The zero-order valence-electron chi connectivity index (χ0n) is 17.6. The van der Waals surface area contributed by atoms with Gasteiger partial charge >= 0.3 is 5.97 Å². The SMILES string of the molecule is CN1C(=O)c2ccccc2/C(=C/C(=O)O)c2ccc(OCCCNc3ccccn3)cc21. The zero-order chi connectivity index (χ0) is 22.5. The molecule has 0 unspecified atom stereocenters. The molecular formula is C25H23N3O4. The van der Waals surface area contributed by atoms with Crippen LogP contribution in [0.15, 0.2) is 72.9 Å². The molecule has 0 bridgehead atoms. The normalized spacial score (nSPS) is 13.8. The fourth-order valence-electron chi connectivity index (χ4n) is 3.67. The third-order valence-electron chi connectivity index (χ3n) is 5.20. The summed E-state index contributed by atoms with van der Waals surface area (Å²) in [5.41, 5.74) is 2.81. The number of benzene rings is 2. The van der Waals surface area contributed by atoms with Crippen molar-refractivity contribution < 1.29 is 19.4 Å². The first-order valence-electron chi connectivity index (χ1n) is 10.3. The third-order valence-corrected chi connectivity index (χ3v) is 5.20.